The summed E-state index contributed by atoms with van der Waals surface area (Å²) in [5.74, 6) is -1.76. The minimum absolute atomic E-state index is 0.107. The molecule has 2 N–H and O–H groups in total. The maximum absolute atomic E-state index is 13.8. The Labute approximate surface area is 240 Å². The molecule has 0 aromatic heterocycles. The molecule has 1 heterocycles. The molecule has 8 heteroatoms. The van der Waals surface area contributed by atoms with Crippen LogP contribution >= 0.6 is 0 Å². The number of carbonyl (C=O) groups excluding carboxylic acids is 2. The van der Waals surface area contributed by atoms with Crippen molar-refractivity contribution in [3.63, 3.8) is 0 Å². The number of rotatable bonds is 9. The average molecular weight is 557 g/mol. The van der Waals surface area contributed by atoms with Crippen LogP contribution in [0.2, 0.25) is 0 Å². The van der Waals surface area contributed by atoms with Crippen LogP contribution in [-0.2, 0) is 25.7 Å². The molecule has 3 aromatic carbocycles. The summed E-state index contributed by atoms with van der Waals surface area (Å²) in [6, 6.07) is 24.5. The van der Waals surface area contributed by atoms with Gasteiger partial charge in [-0.2, -0.15) is 0 Å². The molecule has 2 unspecified atom stereocenters. The lowest BCUT2D eigenvalue weighted by Gasteiger charge is -2.39. The van der Waals surface area contributed by atoms with E-state index >= 15 is 0 Å². The fourth-order valence-corrected chi connectivity index (χ4v) is 5.95. The molecule has 2 aliphatic rings. The van der Waals surface area contributed by atoms with Crippen LogP contribution in [0.4, 0.5) is 4.79 Å². The first-order valence-corrected chi connectivity index (χ1v) is 14.1. The van der Waals surface area contributed by atoms with E-state index in [0.717, 1.165) is 27.8 Å². The monoisotopic (exact) mass is 556 g/mol. The number of amides is 2. The summed E-state index contributed by atoms with van der Waals surface area (Å²) >= 11 is 0. The van der Waals surface area contributed by atoms with Crippen molar-refractivity contribution in [2.75, 3.05) is 13.2 Å². The van der Waals surface area contributed by atoms with Gasteiger partial charge in [-0.15, -0.1) is 0 Å². The van der Waals surface area contributed by atoms with Gasteiger partial charge >= 0.3 is 12.1 Å². The summed E-state index contributed by atoms with van der Waals surface area (Å²) in [6.07, 6.45) is -0.638. The van der Waals surface area contributed by atoms with Crippen LogP contribution in [0.3, 0.4) is 0 Å². The number of nitrogens with zero attached hydrogens (tertiary/aromatic N) is 1. The Morgan fingerprint density at radius 3 is 2.17 bits per heavy atom. The number of benzene rings is 3. The third kappa shape index (κ3) is 6.28. The Bertz CT molecular complexity index is 1350. The number of alkyl carbamates (subject to hydrolysis) is 1. The van der Waals surface area contributed by atoms with Gasteiger partial charge in [0.25, 0.3) is 0 Å². The van der Waals surface area contributed by atoms with E-state index in [1.807, 2.05) is 61.5 Å². The minimum atomic E-state index is -1.00. The van der Waals surface area contributed by atoms with Crippen LogP contribution in [0.15, 0.2) is 78.9 Å². The smallest absolute Gasteiger partial charge is 0.407 e. The van der Waals surface area contributed by atoms with E-state index in [4.69, 9.17) is 9.47 Å². The third-order valence-electron chi connectivity index (χ3n) is 8.22. The molecular formula is C33H36N2O6. The second-order valence-corrected chi connectivity index (χ2v) is 10.9. The Morgan fingerprint density at radius 2 is 1.56 bits per heavy atom. The molecule has 0 bridgehead atoms. The number of aliphatic carboxylic acids is 1. The van der Waals surface area contributed by atoms with Gasteiger partial charge in [0, 0.05) is 18.5 Å². The van der Waals surface area contributed by atoms with E-state index in [1.54, 1.807) is 11.8 Å². The van der Waals surface area contributed by atoms with Crippen LogP contribution in [0.5, 0.6) is 0 Å². The summed E-state index contributed by atoms with van der Waals surface area (Å²) < 4.78 is 11.8. The maximum Gasteiger partial charge on any atom is 0.407 e. The molecule has 0 saturated carbocycles. The first-order chi connectivity index (χ1) is 19.8. The van der Waals surface area contributed by atoms with Crippen LogP contribution in [0.1, 0.15) is 49.3 Å². The fourth-order valence-electron chi connectivity index (χ4n) is 5.95. The van der Waals surface area contributed by atoms with Crippen LogP contribution in [0.25, 0.3) is 11.1 Å². The van der Waals surface area contributed by atoms with Crippen molar-refractivity contribution in [2.45, 2.75) is 57.4 Å². The van der Waals surface area contributed by atoms with E-state index in [2.05, 4.69) is 29.6 Å². The Hall–Kier alpha value is -4.17. The van der Waals surface area contributed by atoms with Crippen molar-refractivity contribution in [1.82, 2.24) is 10.2 Å². The molecule has 214 valence electrons. The van der Waals surface area contributed by atoms with Gasteiger partial charge in [-0.3, -0.25) is 9.59 Å². The van der Waals surface area contributed by atoms with E-state index in [-0.39, 0.29) is 31.1 Å². The molecule has 5 rings (SSSR count). The number of ether oxygens (including phenoxy) is 2. The molecule has 0 spiro atoms. The molecular weight excluding hydrogens is 520 g/mol. The zero-order valence-electron chi connectivity index (χ0n) is 23.4. The first kappa shape index (κ1) is 28.4. The third-order valence-corrected chi connectivity index (χ3v) is 8.22. The summed E-state index contributed by atoms with van der Waals surface area (Å²) in [7, 11) is 0. The Kier molecular flexibility index (Phi) is 8.69. The molecule has 2 amide bonds. The maximum atomic E-state index is 13.8. The normalized spacial score (nSPS) is 19.5. The van der Waals surface area contributed by atoms with Crippen molar-refractivity contribution in [3.05, 3.63) is 95.6 Å². The molecule has 8 nitrogen and oxygen atoms in total. The number of likely N-dealkylation sites (tertiary alicyclic amines) is 1. The standard InChI is InChI=1S/C33H36N2O6/c1-21-18-24(32(37)38)16-17-35(21)31(36)30(22(2)40-19-23-10-4-3-5-11-23)34-33(39)41-20-29-27-14-8-6-12-25(27)26-13-7-9-15-28(26)29/h3-15,21-22,24,29-30H,16-20H2,1-2H3,(H,34,39)(H,37,38)/t21-,22?,24-,30?/m1/s1. The van der Waals surface area contributed by atoms with Gasteiger partial charge in [0.15, 0.2) is 0 Å². The van der Waals surface area contributed by atoms with Crippen LogP contribution in [-0.4, -0.2) is 59.3 Å². The highest BCUT2D eigenvalue weighted by Gasteiger charge is 2.38. The van der Waals surface area contributed by atoms with Crippen LogP contribution < -0.4 is 5.32 Å². The molecule has 1 aliphatic carbocycles. The Morgan fingerprint density at radius 1 is 0.951 bits per heavy atom. The van der Waals surface area contributed by atoms with Crippen molar-refractivity contribution in [3.8, 4) is 11.1 Å². The number of hydrogen-bond donors (Lipinski definition) is 2. The largest absolute Gasteiger partial charge is 0.481 e. The van der Waals surface area contributed by atoms with Gasteiger partial charge in [0.2, 0.25) is 5.91 Å². The quantitative estimate of drug-likeness (QED) is 0.375. The molecule has 4 atom stereocenters. The molecule has 41 heavy (non-hydrogen) atoms. The van der Waals surface area contributed by atoms with Gasteiger partial charge in [-0.05, 0) is 54.5 Å². The van der Waals surface area contributed by atoms with Gasteiger partial charge in [0.1, 0.15) is 12.6 Å². The summed E-state index contributed by atoms with van der Waals surface area (Å²) in [5, 5.41) is 12.2. The number of fused-ring (bicyclic) bond motifs is 3. The minimum Gasteiger partial charge on any atom is -0.481 e. The van der Waals surface area contributed by atoms with E-state index < -0.39 is 30.1 Å². The van der Waals surface area contributed by atoms with Crippen molar-refractivity contribution in [1.29, 1.82) is 0 Å². The van der Waals surface area contributed by atoms with Gasteiger partial charge in [-0.1, -0.05) is 78.9 Å². The summed E-state index contributed by atoms with van der Waals surface area (Å²) in [4.78, 5) is 40.1. The topological polar surface area (TPSA) is 105 Å². The molecule has 1 aliphatic heterocycles. The van der Waals surface area contributed by atoms with Gasteiger partial charge in [0.05, 0.1) is 18.6 Å². The SMILES string of the molecule is CC(OCc1ccccc1)C(NC(=O)OCC1c2ccccc2-c2ccccc21)C(=O)N1CC[C@@H](C(=O)O)C[C@H]1C. The van der Waals surface area contributed by atoms with Crippen molar-refractivity contribution < 1.29 is 29.0 Å². The van der Waals surface area contributed by atoms with Crippen molar-refractivity contribution in [2.24, 2.45) is 5.92 Å². The van der Waals surface area contributed by atoms with Crippen molar-refractivity contribution >= 4 is 18.0 Å². The highest BCUT2D eigenvalue weighted by atomic mass is 16.5. The summed E-state index contributed by atoms with van der Waals surface area (Å²) in [5.41, 5.74) is 5.41. The lowest BCUT2D eigenvalue weighted by Crippen LogP contribution is -2.58. The predicted octanol–water partition coefficient (Wildman–Crippen LogP) is 5.21. The highest BCUT2D eigenvalue weighted by Crippen LogP contribution is 2.44. The number of carboxylic acid groups (broad SMARTS) is 1. The molecule has 1 fully saturated rings. The molecule has 3 aromatic rings. The number of nitrogens with one attached hydrogen (secondary N) is 1. The second kappa shape index (κ2) is 12.6. The zero-order chi connectivity index (χ0) is 28.9. The van der Waals surface area contributed by atoms with E-state index in [0.29, 0.717) is 19.4 Å². The lowest BCUT2D eigenvalue weighted by atomic mass is 9.91. The van der Waals surface area contributed by atoms with E-state index in [1.165, 1.54) is 0 Å². The summed E-state index contributed by atoms with van der Waals surface area (Å²) in [6.45, 7) is 4.29. The first-order valence-electron chi connectivity index (χ1n) is 14.1. The lowest BCUT2D eigenvalue weighted by molar-refractivity contribution is -0.149. The van der Waals surface area contributed by atoms with E-state index in [9.17, 15) is 19.5 Å². The van der Waals surface area contributed by atoms with Gasteiger partial charge < -0.3 is 24.8 Å². The number of carboxylic acids is 1. The predicted molar refractivity (Wildman–Crippen MR) is 154 cm³/mol. The number of hydrogen-bond acceptors (Lipinski definition) is 5. The Balaban J connectivity index is 1.29. The number of piperidine rings is 1. The average Bonchev–Trinajstić information content (AvgIpc) is 3.31. The fraction of sp³-hybridized carbons (Fsp3) is 0.364. The van der Waals surface area contributed by atoms with Crippen LogP contribution in [0, 0.1) is 5.92 Å². The van der Waals surface area contributed by atoms with Gasteiger partial charge in [-0.25, -0.2) is 4.79 Å². The zero-order valence-corrected chi connectivity index (χ0v) is 23.4. The highest BCUT2D eigenvalue weighted by molar-refractivity contribution is 5.87. The second-order valence-electron chi connectivity index (χ2n) is 10.9. The molecule has 0 radical (unpaired) electrons. The number of carbonyl (C=O) groups is 3. The molecule has 1 saturated heterocycles.